The number of benzene rings is 1. The molecule has 0 aromatic heterocycles. The van der Waals surface area contributed by atoms with Crippen molar-refractivity contribution in [1.82, 2.24) is 0 Å². The third-order valence-corrected chi connectivity index (χ3v) is 4.58. The monoisotopic (exact) mass is 318 g/mol. The molecule has 2 amide bonds. The van der Waals surface area contributed by atoms with E-state index < -0.39 is 5.97 Å². The fraction of sp³-hybridized carbons (Fsp3) is 0.312. The first kappa shape index (κ1) is 14.8. The zero-order chi connectivity index (χ0) is 16.0. The molecule has 0 radical (unpaired) electrons. The Morgan fingerprint density at radius 1 is 1.27 bits per heavy atom. The number of hydrogen-bond acceptors (Lipinski definition) is 4. The van der Waals surface area contributed by atoms with Crippen molar-refractivity contribution >= 4 is 35.1 Å². The molecule has 22 heavy (non-hydrogen) atoms. The summed E-state index contributed by atoms with van der Waals surface area (Å²) >= 11 is 5.79. The largest absolute Gasteiger partial charge is 0.545 e. The Balaban J connectivity index is 2.00. The third kappa shape index (κ3) is 2.22. The number of imide groups is 1. The number of carbonyl (C=O) groups is 3. The van der Waals surface area contributed by atoms with Gasteiger partial charge in [0.05, 0.1) is 23.5 Å². The molecule has 0 unspecified atom stereocenters. The van der Waals surface area contributed by atoms with E-state index in [1.54, 1.807) is 0 Å². The molecule has 1 aliphatic carbocycles. The summed E-state index contributed by atoms with van der Waals surface area (Å²) in [4.78, 5) is 37.2. The van der Waals surface area contributed by atoms with Gasteiger partial charge >= 0.3 is 0 Å². The number of anilines is 1. The van der Waals surface area contributed by atoms with Gasteiger partial charge in [-0.2, -0.15) is 0 Å². The second-order valence-corrected chi connectivity index (χ2v) is 6.07. The summed E-state index contributed by atoms with van der Waals surface area (Å²) in [5.41, 5.74) is 1.09. The van der Waals surface area contributed by atoms with Crippen LogP contribution >= 0.6 is 11.6 Å². The molecule has 1 saturated heterocycles. The maximum atomic E-state index is 12.5. The zero-order valence-electron chi connectivity index (χ0n) is 11.8. The van der Waals surface area contributed by atoms with E-state index >= 15 is 0 Å². The Labute approximate surface area is 132 Å². The molecule has 1 aliphatic heterocycles. The number of halogens is 1. The lowest BCUT2D eigenvalue weighted by Crippen LogP contribution is -2.31. The van der Waals surface area contributed by atoms with Crippen LogP contribution in [0.4, 0.5) is 5.69 Å². The summed E-state index contributed by atoms with van der Waals surface area (Å²) in [6, 6.07) is 4.04. The fourth-order valence-corrected chi connectivity index (χ4v) is 3.30. The summed E-state index contributed by atoms with van der Waals surface area (Å²) in [5, 5.41) is 11.1. The quantitative estimate of drug-likeness (QED) is 0.612. The average molecular weight is 319 g/mol. The minimum absolute atomic E-state index is 0.0118. The van der Waals surface area contributed by atoms with Crippen LogP contribution in [0.1, 0.15) is 30.1 Å². The summed E-state index contributed by atoms with van der Waals surface area (Å²) in [7, 11) is 0. The van der Waals surface area contributed by atoms with Crippen molar-refractivity contribution in [1.29, 1.82) is 0 Å². The molecule has 6 heteroatoms. The highest BCUT2D eigenvalue weighted by Crippen LogP contribution is 2.40. The standard InChI is InChI=1S/C16H14ClNO4/c1-8-2-4-10-11(6-8)15(20)18(14(10)19)9-3-5-13(17)12(7-9)16(21)22/h2-3,5,7,10-11H,4,6H2,1H3,(H,21,22)/p-1/t10-,11+/m0/s1. The van der Waals surface area contributed by atoms with Crippen molar-refractivity contribution < 1.29 is 19.5 Å². The van der Waals surface area contributed by atoms with Gasteiger partial charge in [0.1, 0.15) is 0 Å². The minimum Gasteiger partial charge on any atom is -0.545 e. The second kappa shape index (κ2) is 5.25. The molecular weight excluding hydrogens is 306 g/mol. The first-order chi connectivity index (χ1) is 10.4. The molecule has 1 heterocycles. The van der Waals surface area contributed by atoms with E-state index in [1.807, 2.05) is 13.0 Å². The average Bonchev–Trinajstić information content (AvgIpc) is 2.71. The highest BCUT2D eigenvalue weighted by Gasteiger charge is 2.48. The molecule has 114 valence electrons. The lowest BCUT2D eigenvalue weighted by molar-refractivity contribution is -0.255. The number of nitrogens with zero attached hydrogens (tertiary/aromatic N) is 1. The normalized spacial score (nSPS) is 24.3. The molecule has 0 N–H and O–H groups in total. The molecule has 3 rings (SSSR count). The number of allylic oxidation sites excluding steroid dienone is 2. The van der Waals surface area contributed by atoms with E-state index in [-0.39, 0.29) is 39.9 Å². The summed E-state index contributed by atoms with van der Waals surface area (Å²) < 4.78 is 0. The van der Waals surface area contributed by atoms with Crippen molar-refractivity contribution in [3.8, 4) is 0 Å². The van der Waals surface area contributed by atoms with Gasteiger partial charge in [-0.15, -0.1) is 0 Å². The van der Waals surface area contributed by atoms with Crippen LogP contribution in [0.15, 0.2) is 29.8 Å². The number of carbonyl (C=O) groups excluding carboxylic acids is 3. The number of fused-ring (bicyclic) bond motifs is 1. The zero-order valence-corrected chi connectivity index (χ0v) is 12.6. The molecule has 0 bridgehead atoms. The molecule has 1 aromatic rings. The van der Waals surface area contributed by atoms with Gasteiger partial charge in [-0.3, -0.25) is 14.5 Å². The molecular formula is C16H13ClNO4-. The van der Waals surface area contributed by atoms with Gasteiger partial charge in [0.15, 0.2) is 0 Å². The van der Waals surface area contributed by atoms with Crippen LogP contribution in [0.25, 0.3) is 0 Å². The Bertz CT molecular complexity index is 725. The minimum atomic E-state index is -1.44. The van der Waals surface area contributed by atoms with Gasteiger partial charge in [-0.25, -0.2) is 0 Å². The Hall–Kier alpha value is -2.14. The van der Waals surface area contributed by atoms with Crippen LogP contribution in [0.3, 0.4) is 0 Å². The topological polar surface area (TPSA) is 77.5 Å². The Morgan fingerprint density at radius 3 is 2.64 bits per heavy atom. The third-order valence-electron chi connectivity index (χ3n) is 4.25. The smallest absolute Gasteiger partial charge is 0.238 e. The molecule has 2 aliphatic rings. The number of amides is 2. The van der Waals surface area contributed by atoms with Gasteiger partial charge in [-0.1, -0.05) is 23.3 Å². The van der Waals surface area contributed by atoms with Crippen LogP contribution in [0, 0.1) is 11.8 Å². The number of hydrogen-bond donors (Lipinski definition) is 0. The molecule has 0 saturated carbocycles. The van der Waals surface area contributed by atoms with Gasteiger partial charge in [0.2, 0.25) is 11.8 Å². The lowest BCUT2D eigenvalue weighted by Gasteiger charge is -2.18. The number of carboxylic acids is 1. The summed E-state index contributed by atoms with van der Waals surface area (Å²) in [6.45, 7) is 1.94. The Kier molecular flexibility index (Phi) is 3.53. The van der Waals surface area contributed by atoms with Crippen LogP contribution in [-0.4, -0.2) is 17.8 Å². The number of aromatic carboxylic acids is 1. The van der Waals surface area contributed by atoms with Crippen molar-refractivity contribution in [2.24, 2.45) is 11.8 Å². The van der Waals surface area contributed by atoms with Crippen LogP contribution in [0.2, 0.25) is 5.02 Å². The molecule has 5 nitrogen and oxygen atoms in total. The number of rotatable bonds is 2. The number of carboxylic acid groups (broad SMARTS) is 1. The van der Waals surface area contributed by atoms with E-state index in [0.29, 0.717) is 12.8 Å². The van der Waals surface area contributed by atoms with E-state index in [0.717, 1.165) is 10.5 Å². The van der Waals surface area contributed by atoms with E-state index in [9.17, 15) is 19.5 Å². The van der Waals surface area contributed by atoms with Crippen molar-refractivity contribution in [3.05, 3.63) is 40.4 Å². The van der Waals surface area contributed by atoms with E-state index in [1.165, 1.54) is 18.2 Å². The summed E-state index contributed by atoms with van der Waals surface area (Å²) in [5.74, 6) is -2.74. The maximum Gasteiger partial charge on any atom is 0.238 e. The highest BCUT2D eigenvalue weighted by molar-refractivity contribution is 6.33. The highest BCUT2D eigenvalue weighted by atomic mass is 35.5. The van der Waals surface area contributed by atoms with Gasteiger partial charge in [-0.05, 0) is 38.0 Å². The van der Waals surface area contributed by atoms with Gasteiger partial charge in [0, 0.05) is 10.6 Å². The maximum absolute atomic E-state index is 12.5. The van der Waals surface area contributed by atoms with E-state index in [4.69, 9.17) is 11.6 Å². The molecule has 1 aromatic carbocycles. The SMILES string of the molecule is CC1=CC[C@@H]2C(=O)N(c3ccc(Cl)c(C(=O)[O-])c3)C(=O)[C@@H]2C1. The lowest BCUT2D eigenvalue weighted by atomic mass is 9.82. The fourth-order valence-electron chi connectivity index (χ4n) is 3.10. The van der Waals surface area contributed by atoms with Gasteiger partial charge < -0.3 is 9.90 Å². The van der Waals surface area contributed by atoms with Crippen molar-refractivity contribution in [2.75, 3.05) is 4.90 Å². The molecule has 1 fully saturated rings. The summed E-state index contributed by atoms with van der Waals surface area (Å²) in [6.07, 6.45) is 3.08. The first-order valence-electron chi connectivity index (χ1n) is 6.94. The molecule has 2 atom stereocenters. The molecule has 0 spiro atoms. The van der Waals surface area contributed by atoms with Crippen LogP contribution < -0.4 is 10.0 Å². The van der Waals surface area contributed by atoms with Gasteiger partial charge in [0.25, 0.3) is 0 Å². The second-order valence-electron chi connectivity index (χ2n) is 5.67. The first-order valence-corrected chi connectivity index (χ1v) is 7.32. The van der Waals surface area contributed by atoms with Crippen molar-refractivity contribution in [3.63, 3.8) is 0 Å². The van der Waals surface area contributed by atoms with Crippen LogP contribution in [0.5, 0.6) is 0 Å². The van der Waals surface area contributed by atoms with E-state index in [2.05, 4.69) is 0 Å². The predicted octanol–water partition coefficient (Wildman–Crippen LogP) is 1.55. The Morgan fingerprint density at radius 2 is 1.95 bits per heavy atom. The van der Waals surface area contributed by atoms with Crippen molar-refractivity contribution in [2.45, 2.75) is 19.8 Å². The van der Waals surface area contributed by atoms with Crippen LogP contribution in [-0.2, 0) is 9.59 Å². The predicted molar refractivity (Wildman–Crippen MR) is 78.2 cm³/mol.